The van der Waals surface area contributed by atoms with Crippen LogP contribution in [0.2, 0.25) is 0 Å². The molecule has 0 aromatic heterocycles. The van der Waals surface area contributed by atoms with E-state index in [9.17, 15) is 13.2 Å². The molecular formula is C23H30N2O3S. The molecule has 0 spiro atoms. The van der Waals surface area contributed by atoms with Crippen molar-refractivity contribution in [3.8, 4) is 0 Å². The molecule has 1 fully saturated rings. The second-order valence-electron chi connectivity index (χ2n) is 7.89. The summed E-state index contributed by atoms with van der Waals surface area (Å²) in [4.78, 5) is 13.0. The van der Waals surface area contributed by atoms with E-state index in [1.165, 1.54) is 9.87 Å². The van der Waals surface area contributed by atoms with Gasteiger partial charge in [0.15, 0.2) is 0 Å². The molecule has 1 saturated heterocycles. The second kappa shape index (κ2) is 8.57. The van der Waals surface area contributed by atoms with Gasteiger partial charge in [-0.15, -0.1) is 0 Å². The summed E-state index contributed by atoms with van der Waals surface area (Å²) in [5, 5.41) is 3.12. The molecule has 1 amide bonds. The van der Waals surface area contributed by atoms with Crippen molar-refractivity contribution >= 4 is 21.6 Å². The third kappa shape index (κ3) is 4.64. The highest BCUT2D eigenvalue weighted by molar-refractivity contribution is 7.92. The molecule has 1 aliphatic heterocycles. The molecule has 2 aromatic carbocycles. The average Bonchev–Trinajstić information content (AvgIpc) is 2.67. The summed E-state index contributed by atoms with van der Waals surface area (Å²) in [6.07, 6.45) is 2.29. The number of anilines is 1. The molecule has 1 atom stereocenters. The van der Waals surface area contributed by atoms with Gasteiger partial charge in [0.25, 0.3) is 5.91 Å². The maximum atomic E-state index is 13.0. The van der Waals surface area contributed by atoms with Crippen molar-refractivity contribution in [3.63, 3.8) is 0 Å². The van der Waals surface area contributed by atoms with E-state index in [0.717, 1.165) is 29.5 Å². The first-order valence-electron chi connectivity index (χ1n) is 10.2. The number of benzene rings is 2. The van der Waals surface area contributed by atoms with Crippen LogP contribution in [0.25, 0.3) is 0 Å². The van der Waals surface area contributed by atoms with Crippen molar-refractivity contribution in [1.82, 2.24) is 5.32 Å². The Bertz CT molecular complexity index is 1010. The molecule has 1 heterocycles. The number of carbonyl (C=O) groups is 1. The third-order valence-corrected chi connectivity index (χ3v) is 7.46. The molecule has 6 heteroatoms. The van der Waals surface area contributed by atoms with Crippen LogP contribution >= 0.6 is 0 Å². The molecule has 0 aliphatic carbocycles. The van der Waals surface area contributed by atoms with E-state index in [1.54, 1.807) is 12.1 Å². The fourth-order valence-corrected chi connectivity index (χ4v) is 5.63. The maximum Gasteiger partial charge on any atom is 0.251 e. The van der Waals surface area contributed by atoms with Crippen LogP contribution in [-0.4, -0.2) is 26.6 Å². The highest BCUT2D eigenvalue weighted by Crippen LogP contribution is 2.28. The Morgan fingerprint density at radius 3 is 2.48 bits per heavy atom. The summed E-state index contributed by atoms with van der Waals surface area (Å²) >= 11 is 0. The number of aryl methyl sites for hydroxylation is 3. The zero-order chi connectivity index (χ0) is 21.2. The van der Waals surface area contributed by atoms with Crippen LogP contribution in [-0.2, 0) is 10.0 Å². The minimum atomic E-state index is -3.32. The summed E-state index contributed by atoms with van der Waals surface area (Å²) < 4.78 is 26.5. The van der Waals surface area contributed by atoms with Crippen LogP contribution in [0, 0.1) is 20.8 Å². The van der Waals surface area contributed by atoms with Crippen molar-refractivity contribution in [2.75, 3.05) is 16.6 Å². The van der Waals surface area contributed by atoms with E-state index < -0.39 is 10.0 Å². The summed E-state index contributed by atoms with van der Waals surface area (Å²) in [6, 6.07) is 11.5. The lowest BCUT2D eigenvalue weighted by Gasteiger charge is -2.30. The van der Waals surface area contributed by atoms with E-state index in [0.29, 0.717) is 24.2 Å². The number of carbonyl (C=O) groups excluding carboxylic acids is 1. The fourth-order valence-electron chi connectivity index (χ4n) is 3.94. The van der Waals surface area contributed by atoms with Gasteiger partial charge in [0.1, 0.15) is 0 Å². The Morgan fingerprint density at radius 2 is 1.83 bits per heavy atom. The molecule has 1 aliphatic rings. The first-order valence-corrected chi connectivity index (χ1v) is 11.8. The van der Waals surface area contributed by atoms with Crippen molar-refractivity contribution in [2.24, 2.45) is 0 Å². The SMILES string of the molecule is CC[C@@H](NC(=O)c1ccc(C)c(N2CCCCS2(=O)=O)c1)c1ccc(C)cc1C. The summed E-state index contributed by atoms with van der Waals surface area (Å²) in [6.45, 7) is 8.51. The van der Waals surface area contributed by atoms with Gasteiger partial charge in [0.05, 0.1) is 17.5 Å². The Morgan fingerprint density at radius 1 is 1.07 bits per heavy atom. The van der Waals surface area contributed by atoms with Gasteiger partial charge in [0.2, 0.25) is 10.0 Å². The number of nitrogens with one attached hydrogen (secondary N) is 1. The number of amides is 1. The van der Waals surface area contributed by atoms with Crippen molar-refractivity contribution < 1.29 is 13.2 Å². The van der Waals surface area contributed by atoms with E-state index in [4.69, 9.17) is 0 Å². The molecule has 2 aromatic rings. The van der Waals surface area contributed by atoms with Gasteiger partial charge < -0.3 is 5.32 Å². The zero-order valence-electron chi connectivity index (χ0n) is 17.7. The van der Waals surface area contributed by atoms with Crippen LogP contribution in [0.5, 0.6) is 0 Å². The van der Waals surface area contributed by atoms with Gasteiger partial charge in [-0.2, -0.15) is 0 Å². The number of rotatable bonds is 5. The van der Waals surface area contributed by atoms with Crippen molar-refractivity contribution in [2.45, 2.75) is 53.0 Å². The topological polar surface area (TPSA) is 66.5 Å². The fraction of sp³-hybridized carbons (Fsp3) is 0.435. The summed E-state index contributed by atoms with van der Waals surface area (Å²) in [7, 11) is -3.32. The van der Waals surface area contributed by atoms with Gasteiger partial charge in [-0.3, -0.25) is 9.10 Å². The third-order valence-electron chi connectivity index (χ3n) is 5.60. The van der Waals surface area contributed by atoms with E-state index in [2.05, 4.69) is 37.4 Å². The number of nitrogens with zero attached hydrogens (tertiary/aromatic N) is 1. The van der Waals surface area contributed by atoms with Gasteiger partial charge in [-0.25, -0.2) is 8.42 Å². The van der Waals surface area contributed by atoms with Gasteiger partial charge in [-0.05, 0) is 68.9 Å². The standard InChI is InChI=1S/C23H30N2O3S/c1-5-21(20-11-8-16(2)14-18(20)4)24-23(26)19-10-9-17(3)22(15-19)25-12-6-7-13-29(25,27)28/h8-11,14-15,21H,5-7,12-13H2,1-4H3,(H,24,26)/t21-/m1/s1. The van der Waals surface area contributed by atoms with E-state index in [-0.39, 0.29) is 17.7 Å². The molecule has 0 radical (unpaired) electrons. The summed E-state index contributed by atoms with van der Waals surface area (Å²) in [5.74, 6) is -0.0273. The number of hydrogen-bond acceptors (Lipinski definition) is 3. The molecule has 5 nitrogen and oxygen atoms in total. The lowest BCUT2D eigenvalue weighted by atomic mass is 9.97. The number of hydrogen-bond donors (Lipinski definition) is 1. The van der Waals surface area contributed by atoms with Crippen LogP contribution in [0.15, 0.2) is 36.4 Å². The Balaban J connectivity index is 1.87. The molecule has 29 heavy (non-hydrogen) atoms. The van der Waals surface area contributed by atoms with Crippen LogP contribution < -0.4 is 9.62 Å². The first kappa shape index (κ1) is 21.4. The second-order valence-corrected chi connectivity index (χ2v) is 9.90. The Hall–Kier alpha value is -2.34. The van der Waals surface area contributed by atoms with Crippen molar-refractivity contribution in [1.29, 1.82) is 0 Å². The predicted molar refractivity (Wildman–Crippen MR) is 118 cm³/mol. The highest BCUT2D eigenvalue weighted by Gasteiger charge is 2.28. The molecule has 1 N–H and O–H groups in total. The number of sulfonamides is 1. The molecular weight excluding hydrogens is 384 g/mol. The minimum absolute atomic E-state index is 0.0911. The predicted octanol–water partition coefficient (Wildman–Crippen LogP) is 4.42. The van der Waals surface area contributed by atoms with Crippen molar-refractivity contribution in [3.05, 3.63) is 64.2 Å². The minimum Gasteiger partial charge on any atom is -0.345 e. The Kier molecular flexibility index (Phi) is 6.32. The average molecular weight is 415 g/mol. The Labute approximate surface area is 174 Å². The smallest absolute Gasteiger partial charge is 0.251 e. The molecule has 0 bridgehead atoms. The van der Waals surface area contributed by atoms with E-state index in [1.807, 2.05) is 19.9 Å². The van der Waals surface area contributed by atoms with E-state index >= 15 is 0 Å². The van der Waals surface area contributed by atoms with Crippen LogP contribution in [0.4, 0.5) is 5.69 Å². The molecule has 0 unspecified atom stereocenters. The first-order chi connectivity index (χ1) is 13.7. The van der Waals surface area contributed by atoms with Gasteiger partial charge in [0, 0.05) is 12.1 Å². The zero-order valence-corrected chi connectivity index (χ0v) is 18.5. The normalized spacial score (nSPS) is 17.0. The molecule has 156 valence electrons. The van der Waals surface area contributed by atoms with Gasteiger partial charge >= 0.3 is 0 Å². The highest BCUT2D eigenvalue weighted by atomic mass is 32.2. The van der Waals surface area contributed by atoms with Crippen LogP contribution in [0.1, 0.15) is 64.8 Å². The molecule has 0 saturated carbocycles. The lowest BCUT2D eigenvalue weighted by molar-refractivity contribution is 0.0935. The van der Waals surface area contributed by atoms with Gasteiger partial charge in [-0.1, -0.05) is 36.8 Å². The summed E-state index contributed by atoms with van der Waals surface area (Å²) in [5.41, 5.74) is 5.40. The largest absolute Gasteiger partial charge is 0.345 e. The monoisotopic (exact) mass is 414 g/mol. The lowest BCUT2D eigenvalue weighted by Crippen LogP contribution is -2.38. The maximum absolute atomic E-state index is 13.0. The quantitative estimate of drug-likeness (QED) is 0.787. The molecule has 3 rings (SSSR count). The van der Waals surface area contributed by atoms with Crippen LogP contribution in [0.3, 0.4) is 0 Å².